The molecule has 0 unspecified atom stereocenters. The average Bonchev–Trinajstić information content (AvgIpc) is 2.77. The van der Waals surface area contributed by atoms with Gasteiger partial charge in [-0.15, -0.1) is 0 Å². The van der Waals surface area contributed by atoms with Crippen LogP contribution in [0.5, 0.6) is 0 Å². The van der Waals surface area contributed by atoms with Crippen LogP contribution in [0.15, 0.2) is 54.6 Å². The van der Waals surface area contributed by atoms with Crippen LogP contribution in [0, 0.1) is 0 Å². The summed E-state index contributed by atoms with van der Waals surface area (Å²) in [5, 5.41) is 2.64. The summed E-state index contributed by atoms with van der Waals surface area (Å²) in [5.41, 5.74) is 6.79. The number of amides is 3. The topological polar surface area (TPSA) is 114 Å². The molecule has 0 fully saturated rings. The van der Waals surface area contributed by atoms with Gasteiger partial charge in [0.15, 0.2) is 6.61 Å². The number of rotatable bonds is 9. The molecule has 0 spiro atoms. The Balaban J connectivity index is 1.58. The molecule has 2 rings (SSSR count). The van der Waals surface area contributed by atoms with Crippen molar-refractivity contribution in [1.29, 1.82) is 0 Å². The highest BCUT2D eigenvalue weighted by atomic mass is 16.5. The largest absolute Gasteiger partial charge is 0.456 e. The number of esters is 1. The number of nitrogens with one attached hydrogen (secondary N) is 3. The van der Waals surface area contributed by atoms with Crippen molar-refractivity contribution >= 4 is 29.4 Å². The van der Waals surface area contributed by atoms with Gasteiger partial charge in [0, 0.05) is 24.1 Å². The summed E-state index contributed by atoms with van der Waals surface area (Å²) in [4.78, 5) is 47.1. The average molecular weight is 411 g/mol. The summed E-state index contributed by atoms with van der Waals surface area (Å²) < 4.78 is 4.91. The number of anilines is 1. The smallest absolute Gasteiger partial charge is 0.306 e. The Labute approximate surface area is 175 Å². The van der Waals surface area contributed by atoms with E-state index >= 15 is 0 Å². The van der Waals surface area contributed by atoms with Crippen molar-refractivity contribution < 1.29 is 23.9 Å². The van der Waals surface area contributed by atoms with E-state index in [-0.39, 0.29) is 19.3 Å². The van der Waals surface area contributed by atoms with Gasteiger partial charge in [0.2, 0.25) is 5.91 Å². The number of aryl methyl sites for hydroxylation is 1. The third kappa shape index (κ3) is 8.14. The molecule has 2 aromatic rings. The molecule has 0 bridgehead atoms. The van der Waals surface area contributed by atoms with Crippen LogP contribution < -0.4 is 16.2 Å². The first-order valence-corrected chi connectivity index (χ1v) is 9.66. The second-order valence-corrected chi connectivity index (χ2v) is 6.48. The molecule has 8 nitrogen and oxygen atoms in total. The number of hydrazine groups is 1. The number of hydrogen-bond acceptors (Lipinski definition) is 5. The van der Waals surface area contributed by atoms with Gasteiger partial charge in [0.1, 0.15) is 0 Å². The van der Waals surface area contributed by atoms with Crippen molar-refractivity contribution in [3.63, 3.8) is 0 Å². The molecular weight excluding hydrogens is 386 g/mol. The van der Waals surface area contributed by atoms with E-state index in [1.807, 2.05) is 19.1 Å². The lowest BCUT2D eigenvalue weighted by Gasteiger charge is -2.08. The van der Waals surface area contributed by atoms with Gasteiger partial charge in [-0.1, -0.05) is 37.3 Å². The maximum Gasteiger partial charge on any atom is 0.306 e. The zero-order chi connectivity index (χ0) is 21.8. The van der Waals surface area contributed by atoms with Crippen LogP contribution in [0.3, 0.4) is 0 Å². The Bertz CT molecular complexity index is 866. The Morgan fingerprint density at radius 2 is 1.53 bits per heavy atom. The minimum Gasteiger partial charge on any atom is -0.456 e. The molecular formula is C22H25N3O5. The van der Waals surface area contributed by atoms with Crippen molar-refractivity contribution in [2.75, 3.05) is 11.9 Å². The number of benzene rings is 2. The summed E-state index contributed by atoms with van der Waals surface area (Å²) in [7, 11) is 0. The van der Waals surface area contributed by atoms with Crippen LogP contribution in [0.25, 0.3) is 0 Å². The first kappa shape index (κ1) is 22.6. The molecule has 2 aromatic carbocycles. The zero-order valence-corrected chi connectivity index (χ0v) is 16.8. The van der Waals surface area contributed by atoms with Crippen LogP contribution in [-0.4, -0.2) is 30.3 Å². The monoisotopic (exact) mass is 411 g/mol. The van der Waals surface area contributed by atoms with Crippen molar-refractivity contribution in [1.82, 2.24) is 10.9 Å². The second kappa shape index (κ2) is 12.0. The van der Waals surface area contributed by atoms with Crippen LogP contribution >= 0.6 is 0 Å². The van der Waals surface area contributed by atoms with E-state index in [1.165, 1.54) is 0 Å². The summed E-state index contributed by atoms with van der Waals surface area (Å²) in [6.45, 7) is 1.64. The minimum atomic E-state index is -0.576. The first-order valence-electron chi connectivity index (χ1n) is 9.66. The van der Waals surface area contributed by atoms with E-state index < -0.39 is 30.3 Å². The van der Waals surface area contributed by atoms with Crippen LogP contribution in [0.2, 0.25) is 0 Å². The third-order valence-corrected chi connectivity index (χ3v) is 4.15. The van der Waals surface area contributed by atoms with Gasteiger partial charge >= 0.3 is 5.97 Å². The summed E-state index contributed by atoms with van der Waals surface area (Å²) in [6.07, 6.45) is 1.15. The maximum absolute atomic E-state index is 11.8. The highest BCUT2D eigenvalue weighted by molar-refractivity contribution is 5.95. The molecule has 0 saturated carbocycles. The van der Waals surface area contributed by atoms with Crippen LogP contribution in [0.1, 0.15) is 42.1 Å². The molecule has 3 N–H and O–H groups in total. The normalized spacial score (nSPS) is 10.0. The molecule has 0 heterocycles. The van der Waals surface area contributed by atoms with Gasteiger partial charge in [-0.05, 0) is 42.7 Å². The first-order chi connectivity index (χ1) is 14.5. The Kier molecular flexibility index (Phi) is 9.05. The zero-order valence-electron chi connectivity index (χ0n) is 16.8. The van der Waals surface area contributed by atoms with Gasteiger partial charge in [-0.25, -0.2) is 0 Å². The lowest BCUT2D eigenvalue weighted by atomic mass is 10.1. The molecule has 0 aliphatic heterocycles. The fourth-order valence-corrected chi connectivity index (χ4v) is 2.48. The molecule has 0 radical (unpaired) electrons. The van der Waals surface area contributed by atoms with E-state index in [0.29, 0.717) is 11.3 Å². The van der Waals surface area contributed by atoms with Crippen LogP contribution in [-0.2, 0) is 25.5 Å². The van der Waals surface area contributed by atoms with E-state index in [4.69, 9.17) is 4.74 Å². The number of carbonyl (C=O) groups excluding carboxylic acids is 4. The predicted molar refractivity (Wildman–Crippen MR) is 111 cm³/mol. The molecule has 0 atom stereocenters. The molecule has 0 aliphatic carbocycles. The number of ether oxygens (including phenoxy) is 1. The highest BCUT2D eigenvalue weighted by Gasteiger charge is 2.10. The quantitative estimate of drug-likeness (QED) is 0.433. The number of hydrogen-bond donors (Lipinski definition) is 3. The van der Waals surface area contributed by atoms with E-state index in [9.17, 15) is 19.2 Å². The summed E-state index contributed by atoms with van der Waals surface area (Å²) >= 11 is 0. The van der Waals surface area contributed by atoms with Crippen molar-refractivity contribution in [3.8, 4) is 0 Å². The predicted octanol–water partition coefficient (Wildman–Crippen LogP) is 2.36. The lowest BCUT2D eigenvalue weighted by molar-refractivity contribution is -0.147. The molecule has 8 heteroatoms. The standard InChI is InChI=1S/C22H25N3O5/c1-2-16-11-13-18(14-12-16)23-20(27)15-30-21(28)10-6-9-19(26)24-25-22(29)17-7-4-3-5-8-17/h3-5,7-8,11-14H,2,6,9-10,15H2,1H3,(H,23,27)(H,24,26)(H,25,29). The summed E-state index contributed by atoms with van der Waals surface area (Å²) in [5.74, 6) is -1.87. The molecule has 3 amide bonds. The summed E-state index contributed by atoms with van der Waals surface area (Å²) in [6, 6.07) is 15.8. The van der Waals surface area contributed by atoms with Crippen molar-refractivity contribution in [2.45, 2.75) is 32.6 Å². The Morgan fingerprint density at radius 3 is 2.20 bits per heavy atom. The van der Waals surface area contributed by atoms with Gasteiger partial charge in [-0.3, -0.25) is 30.0 Å². The highest BCUT2D eigenvalue weighted by Crippen LogP contribution is 2.10. The maximum atomic E-state index is 11.8. The fraction of sp³-hybridized carbons (Fsp3) is 0.273. The molecule has 30 heavy (non-hydrogen) atoms. The van der Waals surface area contributed by atoms with E-state index in [1.54, 1.807) is 42.5 Å². The second-order valence-electron chi connectivity index (χ2n) is 6.48. The van der Waals surface area contributed by atoms with Gasteiger partial charge in [0.05, 0.1) is 0 Å². The van der Waals surface area contributed by atoms with E-state index in [0.717, 1.165) is 12.0 Å². The van der Waals surface area contributed by atoms with Crippen molar-refractivity contribution in [3.05, 3.63) is 65.7 Å². The SMILES string of the molecule is CCc1ccc(NC(=O)COC(=O)CCCC(=O)NNC(=O)c2ccccc2)cc1. The molecule has 0 aliphatic rings. The minimum absolute atomic E-state index is 0.0153. The fourth-order valence-electron chi connectivity index (χ4n) is 2.48. The molecule has 158 valence electrons. The van der Waals surface area contributed by atoms with Gasteiger partial charge < -0.3 is 10.1 Å². The van der Waals surface area contributed by atoms with Gasteiger partial charge in [0.25, 0.3) is 11.8 Å². The third-order valence-electron chi connectivity index (χ3n) is 4.15. The Morgan fingerprint density at radius 1 is 0.833 bits per heavy atom. The number of carbonyl (C=O) groups is 4. The van der Waals surface area contributed by atoms with Crippen LogP contribution in [0.4, 0.5) is 5.69 Å². The lowest BCUT2D eigenvalue weighted by Crippen LogP contribution is -2.41. The van der Waals surface area contributed by atoms with E-state index in [2.05, 4.69) is 16.2 Å². The molecule has 0 aromatic heterocycles. The molecule has 0 saturated heterocycles. The Hall–Kier alpha value is -3.68. The van der Waals surface area contributed by atoms with Gasteiger partial charge in [-0.2, -0.15) is 0 Å². The van der Waals surface area contributed by atoms with Crippen molar-refractivity contribution in [2.24, 2.45) is 0 Å².